The summed E-state index contributed by atoms with van der Waals surface area (Å²) in [6.45, 7) is 4.00. The molecule has 7 saturated heterocycles. The Morgan fingerprint density at radius 2 is 1.83 bits per heavy atom. The van der Waals surface area contributed by atoms with Gasteiger partial charge in [-0.25, -0.2) is 0 Å². The molecule has 6 bridgehead atoms. The third-order valence-electron chi connectivity index (χ3n) is 9.04. The number of ether oxygens (including phenoxy) is 9. The zero-order valence-corrected chi connectivity index (χ0v) is 25.8. The first kappa shape index (κ1) is 28.7. The highest BCUT2D eigenvalue weighted by Crippen LogP contribution is 2.64. The number of carbonyl (C=O) groups is 1. The van der Waals surface area contributed by atoms with Crippen LogP contribution in [0.5, 0.6) is 5.75 Å². The zero-order chi connectivity index (χ0) is 28.5. The highest BCUT2D eigenvalue weighted by Gasteiger charge is 2.83. The molecule has 8 rings (SSSR count). The molecule has 0 aliphatic carbocycles. The van der Waals surface area contributed by atoms with Gasteiger partial charge in [-0.2, -0.15) is 0 Å². The van der Waals surface area contributed by atoms with Crippen LogP contribution in [0.4, 0.5) is 0 Å². The first-order valence-corrected chi connectivity index (χ1v) is 15.6. The van der Waals surface area contributed by atoms with Crippen molar-refractivity contribution in [1.29, 1.82) is 0 Å². The number of hydrogen-bond acceptors (Lipinski definition) is 10. The monoisotopic (exact) mass is 704 g/mol. The molecule has 1 aromatic carbocycles. The number of fused-ring (bicyclic) bond motifs is 1. The smallest absolute Gasteiger partial charge is 0.308 e. The van der Waals surface area contributed by atoms with Gasteiger partial charge in [0.1, 0.15) is 36.3 Å². The van der Waals surface area contributed by atoms with Crippen LogP contribution in [0.1, 0.15) is 50.4 Å². The van der Waals surface area contributed by atoms with Crippen molar-refractivity contribution in [2.75, 3.05) is 14.2 Å². The summed E-state index contributed by atoms with van der Waals surface area (Å²) in [6, 6.07) is 7.57. The van der Waals surface area contributed by atoms with E-state index in [1.807, 2.05) is 24.3 Å². The third-order valence-corrected chi connectivity index (χ3v) is 9.86. The van der Waals surface area contributed by atoms with E-state index >= 15 is 0 Å². The molecule has 7 heterocycles. The van der Waals surface area contributed by atoms with Crippen molar-refractivity contribution in [1.82, 2.24) is 0 Å². The Kier molecular flexibility index (Phi) is 7.60. The second-order valence-electron chi connectivity index (χ2n) is 11.6. The van der Waals surface area contributed by atoms with Crippen molar-refractivity contribution >= 4 is 40.2 Å². The average molecular weight is 705 g/mol. The fourth-order valence-corrected chi connectivity index (χ4v) is 8.30. The van der Waals surface area contributed by atoms with E-state index < -0.39 is 54.5 Å². The van der Waals surface area contributed by atoms with Crippen LogP contribution in [0.15, 0.2) is 34.4 Å². The van der Waals surface area contributed by atoms with E-state index in [0.717, 1.165) is 21.3 Å². The molecule has 9 unspecified atom stereocenters. The lowest BCUT2D eigenvalue weighted by atomic mass is 9.86. The number of benzene rings is 1. The van der Waals surface area contributed by atoms with Crippen molar-refractivity contribution in [2.24, 2.45) is 0 Å². The molecule has 0 aromatic heterocycles. The van der Waals surface area contributed by atoms with Gasteiger partial charge in [0.25, 0.3) is 0 Å². The number of carbonyl (C=O) groups excluding carboxylic acids is 1. The summed E-state index contributed by atoms with van der Waals surface area (Å²) in [5.74, 6) is -1.99. The predicted octanol–water partition coefficient (Wildman–Crippen LogP) is 4.30. The molecule has 0 saturated carbocycles. The van der Waals surface area contributed by atoms with Gasteiger partial charge in [-0.15, -0.1) is 11.6 Å². The molecule has 7 aliphatic rings. The van der Waals surface area contributed by atoms with Gasteiger partial charge in [-0.05, 0) is 64.0 Å². The summed E-state index contributed by atoms with van der Waals surface area (Å²) in [5.41, 5.74) is 0.831. The van der Waals surface area contributed by atoms with Crippen LogP contribution in [0.3, 0.4) is 0 Å². The van der Waals surface area contributed by atoms with E-state index in [4.69, 9.17) is 54.2 Å². The van der Waals surface area contributed by atoms with Crippen LogP contribution >= 0.6 is 34.2 Å². The van der Waals surface area contributed by atoms with Gasteiger partial charge in [0, 0.05) is 17.4 Å². The molecular weight excluding hydrogens is 671 g/mol. The number of allylic oxidation sites excluding steroid dienone is 1. The quantitative estimate of drug-likeness (QED) is 0.210. The lowest BCUT2D eigenvalue weighted by molar-refractivity contribution is -0.328. The number of methoxy groups -OCH3 is 2. The Labute approximate surface area is 257 Å². The number of hydrogen-bond donors (Lipinski definition) is 0. The maximum atomic E-state index is 12.0. The molecule has 0 N–H and O–H groups in total. The van der Waals surface area contributed by atoms with Gasteiger partial charge < -0.3 is 42.6 Å². The molecule has 224 valence electrons. The van der Waals surface area contributed by atoms with E-state index in [0.29, 0.717) is 25.7 Å². The number of alkyl halides is 1. The maximum Gasteiger partial charge on any atom is 0.308 e. The minimum Gasteiger partial charge on any atom is -0.497 e. The molecule has 41 heavy (non-hydrogen) atoms. The van der Waals surface area contributed by atoms with Gasteiger partial charge in [0.2, 0.25) is 11.6 Å². The Bertz CT molecular complexity index is 1180. The van der Waals surface area contributed by atoms with E-state index in [1.165, 1.54) is 7.11 Å². The van der Waals surface area contributed by atoms with Crippen LogP contribution in [-0.4, -0.2) is 86.0 Å². The van der Waals surface area contributed by atoms with Crippen molar-refractivity contribution < 1.29 is 47.4 Å². The lowest BCUT2D eigenvalue weighted by Gasteiger charge is -2.47. The standard InChI is InChI=1S/C29H34ClIO10/c1-14(31)12-16(30)10-11-28-27-29(41-26(37-27)15-4-6-17(33-2)7-5-15)25(40-28)24-23(39-29)22(38-28)21-19(36-24)9-8-18(35-21)13-20(32)34-3/h4-7,16,18-19,21-27H,1,8-13H2,2-3H3/t16?,18?,19?,21?,22?,23-,24?,25?,26?,27?,28-,29-/m1/s1. The van der Waals surface area contributed by atoms with Gasteiger partial charge in [-0.3, -0.25) is 4.79 Å². The molecular formula is C29H34ClIO10. The average Bonchev–Trinajstić information content (AvgIpc) is 3.51. The minimum atomic E-state index is -1.22. The second kappa shape index (κ2) is 10.8. The molecule has 1 aromatic rings. The summed E-state index contributed by atoms with van der Waals surface area (Å²) in [7, 11) is 3.01. The summed E-state index contributed by atoms with van der Waals surface area (Å²) in [6.07, 6.45) is -1.06. The second-order valence-corrected chi connectivity index (χ2v) is 13.7. The summed E-state index contributed by atoms with van der Waals surface area (Å²) in [4.78, 5) is 12.0. The Morgan fingerprint density at radius 1 is 1.05 bits per heavy atom. The van der Waals surface area contributed by atoms with Crippen LogP contribution in [0.2, 0.25) is 0 Å². The van der Waals surface area contributed by atoms with Gasteiger partial charge in [0.05, 0.1) is 32.8 Å². The topological polar surface area (TPSA) is 100 Å². The highest BCUT2D eigenvalue weighted by molar-refractivity contribution is 14.1. The molecule has 10 nitrogen and oxygen atoms in total. The summed E-state index contributed by atoms with van der Waals surface area (Å²) in [5, 5.41) is -0.159. The van der Waals surface area contributed by atoms with Crippen LogP contribution in [0.25, 0.3) is 0 Å². The maximum absolute atomic E-state index is 12.0. The number of esters is 1. The number of rotatable bonds is 9. The fraction of sp³-hybridized carbons (Fsp3) is 0.690. The lowest BCUT2D eigenvalue weighted by Crippen LogP contribution is -2.62. The van der Waals surface area contributed by atoms with Crippen molar-refractivity contribution in [3.63, 3.8) is 0 Å². The predicted molar refractivity (Wildman–Crippen MR) is 152 cm³/mol. The minimum absolute atomic E-state index is 0.159. The van der Waals surface area contributed by atoms with Gasteiger partial charge >= 0.3 is 5.97 Å². The molecule has 7 aliphatic heterocycles. The largest absolute Gasteiger partial charge is 0.497 e. The molecule has 1 spiro atoms. The SMILES string of the molecule is C=C(I)CC(Cl)CC[C@@]12OC3C4OC(CC(=O)OC)CCC4OC4C(O1)[C@]1(OC(c5ccc(OC)cc5)OC21)O[C@H]34. The van der Waals surface area contributed by atoms with Crippen LogP contribution in [-0.2, 0) is 42.7 Å². The summed E-state index contributed by atoms with van der Waals surface area (Å²) < 4.78 is 58.1. The van der Waals surface area contributed by atoms with Crippen molar-refractivity contribution in [2.45, 2.75) is 111 Å². The Balaban J connectivity index is 1.21. The molecule has 0 amide bonds. The first-order chi connectivity index (χ1) is 19.7. The zero-order valence-electron chi connectivity index (χ0n) is 22.9. The first-order valence-electron chi connectivity index (χ1n) is 14.1. The van der Waals surface area contributed by atoms with E-state index in [2.05, 4.69) is 29.2 Å². The number of halogens is 2. The van der Waals surface area contributed by atoms with Crippen LogP contribution in [0, 0.1) is 0 Å². The van der Waals surface area contributed by atoms with E-state index in [1.54, 1.807) is 7.11 Å². The van der Waals surface area contributed by atoms with Crippen LogP contribution < -0.4 is 4.74 Å². The highest BCUT2D eigenvalue weighted by atomic mass is 127. The summed E-state index contributed by atoms with van der Waals surface area (Å²) >= 11 is 8.93. The Morgan fingerprint density at radius 3 is 2.56 bits per heavy atom. The molecule has 7 fully saturated rings. The Hall–Kier alpha value is -1.03. The van der Waals surface area contributed by atoms with Gasteiger partial charge in [0.15, 0.2) is 12.4 Å². The van der Waals surface area contributed by atoms with E-state index in [9.17, 15) is 4.79 Å². The van der Waals surface area contributed by atoms with Gasteiger partial charge in [-0.1, -0.05) is 18.7 Å². The molecule has 12 heteroatoms. The fourth-order valence-electron chi connectivity index (χ4n) is 7.21. The van der Waals surface area contributed by atoms with Crippen molar-refractivity contribution in [3.8, 4) is 5.75 Å². The molecule has 0 radical (unpaired) electrons. The van der Waals surface area contributed by atoms with E-state index in [-0.39, 0.29) is 30.0 Å². The molecule has 12 atom stereocenters. The third kappa shape index (κ3) is 4.74. The normalized spacial score (nSPS) is 44.1. The van der Waals surface area contributed by atoms with Crippen molar-refractivity contribution in [3.05, 3.63) is 40.0 Å².